The van der Waals surface area contributed by atoms with Gasteiger partial charge in [-0.05, 0) is 52.8 Å². The summed E-state index contributed by atoms with van der Waals surface area (Å²) in [6.45, 7) is 2.00. The molecule has 2 rings (SSSR count). The summed E-state index contributed by atoms with van der Waals surface area (Å²) in [5.74, 6) is -0.0681. The first kappa shape index (κ1) is 14.5. The molecular formula is C15H13BrINO. The van der Waals surface area contributed by atoms with Gasteiger partial charge in [-0.25, -0.2) is 0 Å². The van der Waals surface area contributed by atoms with Crippen molar-refractivity contribution in [1.82, 2.24) is 0 Å². The molecule has 0 unspecified atom stereocenters. The number of carbonyl (C=O) groups excluding carboxylic acids is 1. The van der Waals surface area contributed by atoms with Gasteiger partial charge in [0.1, 0.15) is 0 Å². The Bertz CT molecular complexity index is 613. The number of alkyl halides is 1. The molecule has 19 heavy (non-hydrogen) atoms. The molecule has 2 aromatic rings. The molecule has 0 saturated carbocycles. The molecule has 0 aliphatic carbocycles. The molecule has 0 spiro atoms. The van der Waals surface area contributed by atoms with Crippen LogP contribution in [0.2, 0.25) is 0 Å². The predicted molar refractivity (Wildman–Crippen MR) is 90.9 cm³/mol. The Morgan fingerprint density at radius 2 is 1.95 bits per heavy atom. The monoisotopic (exact) mass is 429 g/mol. The van der Waals surface area contributed by atoms with Gasteiger partial charge in [-0.15, -0.1) is 0 Å². The van der Waals surface area contributed by atoms with Crippen LogP contribution in [0, 0.1) is 10.5 Å². The van der Waals surface area contributed by atoms with Gasteiger partial charge >= 0.3 is 0 Å². The van der Waals surface area contributed by atoms with E-state index in [4.69, 9.17) is 0 Å². The van der Waals surface area contributed by atoms with Crippen molar-refractivity contribution in [3.8, 4) is 0 Å². The van der Waals surface area contributed by atoms with E-state index in [0.29, 0.717) is 10.9 Å². The Hall–Kier alpha value is -0.880. The number of carbonyl (C=O) groups is 1. The number of hydrogen-bond donors (Lipinski definition) is 1. The minimum atomic E-state index is -0.0681. The highest BCUT2D eigenvalue weighted by Gasteiger charge is 2.12. The van der Waals surface area contributed by atoms with Gasteiger partial charge in [0, 0.05) is 14.6 Å². The molecule has 4 heteroatoms. The standard InChI is InChI=1S/C15H13BrINO/c1-10-5-4-7-12(14(10)17)15(19)18-13-8-3-2-6-11(13)9-16/h2-8H,9H2,1H3,(H,18,19). The number of amides is 1. The molecule has 0 saturated heterocycles. The summed E-state index contributed by atoms with van der Waals surface area (Å²) in [6.07, 6.45) is 0. The van der Waals surface area contributed by atoms with E-state index in [-0.39, 0.29) is 5.91 Å². The van der Waals surface area contributed by atoms with E-state index in [1.165, 1.54) is 0 Å². The Morgan fingerprint density at radius 3 is 2.68 bits per heavy atom. The number of hydrogen-bond acceptors (Lipinski definition) is 1. The lowest BCUT2D eigenvalue weighted by Gasteiger charge is -2.11. The van der Waals surface area contributed by atoms with Gasteiger partial charge in [0.2, 0.25) is 0 Å². The van der Waals surface area contributed by atoms with Crippen molar-refractivity contribution in [2.45, 2.75) is 12.3 Å². The normalized spacial score (nSPS) is 10.3. The molecule has 2 nitrogen and oxygen atoms in total. The highest BCUT2D eigenvalue weighted by atomic mass is 127. The van der Waals surface area contributed by atoms with Crippen LogP contribution in [0.1, 0.15) is 21.5 Å². The second kappa shape index (κ2) is 6.52. The second-order valence-corrected chi connectivity index (χ2v) is 5.82. The summed E-state index contributed by atoms with van der Waals surface area (Å²) in [4.78, 5) is 12.3. The highest BCUT2D eigenvalue weighted by molar-refractivity contribution is 14.1. The zero-order valence-electron chi connectivity index (χ0n) is 10.4. The zero-order valence-corrected chi connectivity index (χ0v) is 14.2. The number of aryl methyl sites for hydroxylation is 1. The minimum absolute atomic E-state index is 0.0681. The summed E-state index contributed by atoms with van der Waals surface area (Å²) in [5, 5.41) is 3.69. The topological polar surface area (TPSA) is 29.1 Å². The first-order chi connectivity index (χ1) is 9.13. The van der Waals surface area contributed by atoms with Gasteiger partial charge in [-0.1, -0.05) is 46.3 Å². The Balaban J connectivity index is 2.28. The maximum absolute atomic E-state index is 12.3. The summed E-state index contributed by atoms with van der Waals surface area (Å²) in [7, 11) is 0. The van der Waals surface area contributed by atoms with E-state index in [2.05, 4.69) is 43.8 Å². The molecule has 0 radical (unpaired) electrons. The Morgan fingerprint density at radius 1 is 1.21 bits per heavy atom. The van der Waals surface area contributed by atoms with Crippen molar-refractivity contribution in [3.63, 3.8) is 0 Å². The molecule has 98 valence electrons. The van der Waals surface area contributed by atoms with Crippen molar-refractivity contribution >= 4 is 50.1 Å². The van der Waals surface area contributed by atoms with Crippen LogP contribution in [-0.2, 0) is 5.33 Å². The van der Waals surface area contributed by atoms with E-state index < -0.39 is 0 Å². The molecule has 0 heterocycles. The molecule has 1 amide bonds. The van der Waals surface area contributed by atoms with Gasteiger partial charge in [0.15, 0.2) is 0 Å². The minimum Gasteiger partial charge on any atom is -0.322 e. The number of benzene rings is 2. The van der Waals surface area contributed by atoms with Crippen LogP contribution < -0.4 is 5.32 Å². The lowest BCUT2D eigenvalue weighted by molar-refractivity contribution is 0.102. The number of nitrogens with one attached hydrogen (secondary N) is 1. The maximum Gasteiger partial charge on any atom is 0.256 e. The number of anilines is 1. The average molecular weight is 430 g/mol. The molecule has 0 aliphatic heterocycles. The SMILES string of the molecule is Cc1cccc(C(=O)Nc2ccccc2CBr)c1I. The van der Waals surface area contributed by atoms with Gasteiger partial charge in [0.05, 0.1) is 5.56 Å². The third-order valence-corrected chi connectivity index (χ3v) is 4.88. The fourth-order valence-corrected chi connectivity index (χ4v) is 2.86. The fourth-order valence-electron chi connectivity index (χ4n) is 1.77. The van der Waals surface area contributed by atoms with Crippen molar-refractivity contribution in [2.24, 2.45) is 0 Å². The van der Waals surface area contributed by atoms with Crippen LogP contribution in [0.15, 0.2) is 42.5 Å². The van der Waals surface area contributed by atoms with Crippen LogP contribution in [0.5, 0.6) is 0 Å². The third-order valence-electron chi connectivity index (χ3n) is 2.85. The van der Waals surface area contributed by atoms with E-state index in [9.17, 15) is 4.79 Å². The predicted octanol–water partition coefficient (Wildman–Crippen LogP) is 4.75. The van der Waals surface area contributed by atoms with Crippen molar-refractivity contribution in [3.05, 3.63) is 62.7 Å². The van der Waals surface area contributed by atoms with E-state index in [1.807, 2.05) is 49.4 Å². The smallest absolute Gasteiger partial charge is 0.256 e. The first-order valence-electron chi connectivity index (χ1n) is 5.84. The van der Waals surface area contributed by atoms with Crippen LogP contribution in [0.3, 0.4) is 0 Å². The van der Waals surface area contributed by atoms with Crippen LogP contribution in [0.4, 0.5) is 5.69 Å². The van der Waals surface area contributed by atoms with Crippen molar-refractivity contribution in [2.75, 3.05) is 5.32 Å². The Kier molecular flexibility index (Phi) is 4.99. The number of halogens is 2. The molecular weight excluding hydrogens is 417 g/mol. The molecule has 2 aromatic carbocycles. The molecule has 1 N–H and O–H groups in total. The highest BCUT2D eigenvalue weighted by Crippen LogP contribution is 2.21. The molecule has 0 atom stereocenters. The average Bonchev–Trinajstić information content (AvgIpc) is 2.42. The van der Waals surface area contributed by atoms with Crippen LogP contribution in [0.25, 0.3) is 0 Å². The molecule has 0 aromatic heterocycles. The van der Waals surface area contributed by atoms with Gasteiger partial charge in [-0.3, -0.25) is 4.79 Å². The van der Waals surface area contributed by atoms with E-state index >= 15 is 0 Å². The van der Waals surface area contributed by atoms with Crippen LogP contribution in [-0.4, -0.2) is 5.91 Å². The lowest BCUT2D eigenvalue weighted by Crippen LogP contribution is -2.14. The lowest BCUT2D eigenvalue weighted by atomic mass is 10.1. The summed E-state index contributed by atoms with van der Waals surface area (Å²) >= 11 is 5.64. The van der Waals surface area contributed by atoms with Gasteiger partial charge in [-0.2, -0.15) is 0 Å². The summed E-state index contributed by atoms with van der Waals surface area (Å²) in [5.41, 5.74) is 3.74. The van der Waals surface area contributed by atoms with Crippen LogP contribution >= 0.6 is 38.5 Å². The summed E-state index contributed by atoms with van der Waals surface area (Å²) in [6, 6.07) is 13.5. The third kappa shape index (κ3) is 3.36. The molecule has 0 bridgehead atoms. The number of para-hydroxylation sites is 1. The summed E-state index contributed by atoms with van der Waals surface area (Å²) < 4.78 is 0.994. The van der Waals surface area contributed by atoms with Gasteiger partial charge in [0.25, 0.3) is 5.91 Å². The second-order valence-electron chi connectivity index (χ2n) is 4.18. The largest absolute Gasteiger partial charge is 0.322 e. The van der Waals surface area contributed by atoms with Crippen molar-refractivity contribution in [1.29, 1.82) is 0 Å². The van der Waals surface area contributed by atoms with Gasteiger partial charge < -0.3 is 5.32 Å². The quantitative estimate of drug-likeness (QED) is 0.553. The zero-order chi connectivity index (χ0) is 13.8. The fraction of sp³-hybridized carbons (Fsp3) is 0.133. The first-order valence-corrected chi connectivity index (χ1v) is 8.04. The van der Waals surface area contributed by atoms with E-state index in [0.717, 1.165) is 20.4 Å². The maximum atomic E-state index is 12.3. The Labute approximate surface area is 134 Å². The number of rotatable bonds is 3. The molecule has 0 fully saturated rings. The van der Waals surface area contributed by atoms with E-state index in [1.54, 1.807) is 0 Å². The van der Waals surface area contributed by atoms with Crippen molar-refractivity contribution < 1.29 is 4.79 Å². The molecule has 0 aliphatic rings.